The SMILES string of the molecule is CCNc1cc(NCC2CNCCN2C)nc(C)n1. The number of hydrogen-bond donors (Lipinski definition) is 3. The summed E-state index contributed by atoms with van der Waals surface area (Å²) in [5, 5.41) is 10.1. The Morgan fingerprint density at radius 3 is 2.79 bits per heavy atom. The Balaban J connectivity index is 1.94. The van der Waals surface area contributed by atoms with E-state index in [-0.39, 0.29) is 0 Å². The molecular weight excluding hydrogens is 240 g/mol. The smallest absolute Gasteiger partial charge is 0.131 e. The first-order chi connectivity index (χ1) is 9.19. The fraction of sp³-hybridized carbons (Fsp3) is 0.692. The molecule has 0 amide bonds. The number of anilines is 2. The third-order valence-corrected chi connectivity index (χ3v) is 3.36. The molecule has 0 aromatic carbocycles. The third-order valence-electron chi connectivity index (χ3n) is 3.36. The molecule has 106 valence electrons. The van der Waals surface area contributed by atoms with Crippen molar-refractivity contribution in [2.75, 3.05) is 50.4 Å². The molecule has 1 aliphatic rings. The molecule has 1 aliphatic heterocycles. The van der Waals surface area contributed by atoms with Crippen LogP contribution in [0, 0.1) is 6.92 Å². The van der Waals surface area contributed by atoms with Gasteiger partial charge in [-0.25, -0.2) is 9.97 Å². The molecule has 6 nitrogen and oxygen atoms in total. The summed E-state index contributed by atoms with van der Waals surface area (Å²) in [6, 6.07) is 2.47. The Bertz CT molecular complexity index is 408. The largest absolute Gasteiger partial charge is 0.370 e. The summed E-state index contributed by atoms with van der Waals surface area (Å²) < 4.78 is 0. The van der Waals surface area contributed by atoms with Gasteiger partial charge in [-0.15, -0.1) is 0 Å². The normalized spacial score (nSPS) is 20.3. The minimum absolute atomic E-state index is 0.506. The summed E-state index contributed by atoms with van der Waals surface area (Å²) in [5.41, 5.74) is 0. The van der Waals surface area contributed by atoms with Crippen molar-refractivity contribution in [2.45, 2.75) is 19.9 Å². The van der Waals surface area contributed by atoms with Crippen molar-refractivity contribution in [1.82, 2.24) is 20.2 Å². The zero-order valence-electron chi connectivity index (χ0n) is 12.0. The molecular formula is C13H24N6. The number of aromatic nitrogens is 2. The second-order valence-electron chi connectivity index (χ2n) is 4.94. The van der Waals surface area contributed by atoms with Crippen LogP contribution in [0.4, 0.5) is 11.6 Å². The van der Waals surface area contributed by atoms with Crippen molar-refractivity contribution in [1.29, 1.82) is 0 Å². The molecule has 0 bridgehead atoms. The van der Waals surface area contributed by atoms with Gasteiger partial charge in [0.25, 0.3) is 0 Å². The number of rotatable bonds is 5. The molecule has 1 unspecified atom stereocenters. The minimum atomic E-state index is 0.506. The highest BCUT2D eigenvalue weighted by Crippen LogP contribution is 2.11. The average molecular weight is 264 g/mol. The summed E-state index contributed by atoms with van der Waals surface area (Å²) in [7, 11) is 2.17. The number of hydrogen-bond acceptors (Lipinski definition) is 6. The van der Waals surface area contributed by atoms with Crippen molar-refractivity contribution < 1.29 is 0 Å². The molecule has 0 aliphatic carbocycles. The maximum absolute atomic E-state index is 4.42. The standard InChI is InChI=1S/C13H24N6/c1-4-15-12-7-13(18-10(2)17-12)16-9-11-8-14-5-6-19(11)3/h7,11,14H,4-6,8-9H2,1-3H3,(H2,15,16,17,18). The first-order valence-corrected chi connectivity index (χ1v) is 6.93. The summed E-state index contributed by atoms with van der Waals surface area (Å²) in [5.74, 6) is 2.56. The van der Waals surface area contributed by atoms with Crippen molar-refractivity contribution in [3.8, 4) is 0 Å². The van der Waals surface area contributed by atoms with Gasteiger partial charge in [0.05, 0.1) is 0 Å². The van der Waals surface area contributed by atoms with Gasteiger partial charge in [0.2, 0.25) is 0 Å². The molecule has 0 spiro atoms. The average Bonchev–Trinajstić information content (AvgIpc) is 2.37. The van der Waals surface area contributed by atoms with Crippen LogP contribution in [0.5, 0.6) is 0 Å². The van der Waals surface area contributed by atoms with E-state index in [4.69, 9.17) is 0 Å². The Labute approximate surface area is 115 Å². The molecule has 1 saturated heterocycles. The predicted octanol–water partition coefficient (Wildman–Crippen LogP) is 0.532. The first-order valence-electron chi connectivity index (χ1n) is 6.93. The molecule has 0 saturated carbocycles. The highest BCUT2D eigenvalue weighted by Gasteiger charge is 2.18. The lowest BCUT2D eigenvalue weighted by molar-refractivity contribution is 0.209. The highest BCUT2D eigenvalue weighted by molar-refractivity contribution is 5.47. The number of aryl methyl sites for hydroxylation is 1. The van der Waals surface area contributed by atoms with E-state index in [2.05, 4.69) is 44.8 Å². The quantitative estimate of drug-likeness (QED) is 0.721. The van der Waals surface area contributed by atoms with Crippen LogP contribution < -0.4 is 16.0 Å². The van der Waals surface area contributed by atoms with E-state index in [1.807, 2.05) is 13.0 Å². The van der Waals surface area contributed by atoms with Crippen molar-refractivity contribution >= 4 is 11.6 Å². The maximum atomic E-state index is 4.42. The van der Waals surface area contributed by atoms with E-state index >= 15 is 0 Å². The van der Waals surface area contributed by atoms with Crippen LogP contribution in [-0.2, 0) is 0 Å². The highest BCUT2D eigenvalue weighted by atomic mass is 15.2. The molecule has 1 aromatic rings. The minimum Gasteiger partial charge on any atom is -0.370 e. The van der Waals surface area contributed by atoms with E-state index in [9.17, 15) is 0 Å². The van der Waals surface area contributed by atoms with Gasteiger partial charge in [-0.3, -0.25) is 4.90 Å². The lowest BCUT2D eigenvalue weighted by Gasteiger charge is -2.33. The lowest BCUT2D eigenvalue weighted by atomic mass is 10.2. The Morgan fingerprint density at radius 1 is 1.37 bits per heavy atom. The van der Waals surface area contributed by atoms with Crippen LogP contribution in [0.1, 0.15) is 12.7 Å². The summed E-state index contributed by atoms with van der Waals surface area (Å²) in [6.45, 7) is 8.93. The van der Waals surface area contributed by atoms with Crippen LogP contribution in [-0.4, -0.2) is 60.7 Å². The van der Waals surface area contributed by atoms with Crippen LogP contribution >= 0.6 is 0 Å². The Kier molecular flexibility index (Phi) is 4.93. The molecule has 6 heteroatoms. The van der Waals surface area contributed by atoms with E-state index in [0.717, 1.165) is 50.2 Å². The molecule has 2 heterocycles. The molecule has 0 radical (unpaired) electrons. The van der Waals surface area contributed by atoms with Gasteiger partial charge in [-0.1, -0.05) is 0 Å². The van der Waals surface area contributed by atoms with Crippen molar-refractivity contribution in [3.63, 3.8) is 0 Å². The molecule has 1 fully saturated rings. The van der Waals surface area contributed by atoms with E-state index in [0.29, 0.717) is 6.04 Å². The number of likely N-dealkylation sites (N-methyl/N-ethyl adjacent to an activating group) is 1. The van der Waals surface area contributed by atoms with Gasteiger partial charge in [0, 0.05) is 44.8 Å². The molecule has 1 aromatic heterocycles. The van der Waals surface area contributed by atoms with Crippen LogP contribution in [0.25, 0.3) is 0 Å². The zero-order valence-corrected chi connectivity index (χ0v) is 12.0. The third kappa shape index (κ3) is 4.04. The molecule has 2 rings (SSSR count). The predicted molar refractivity (Wildman–Crippen MR) is 78.7 cm³/mol. The molecule has 19 heavy (non-hydrogen) atoms. The van der Waals surface area contributed by atoms with Crippen molar-refractivity contribution in [2.24, 2.45) is 0 Å². The maximum Gasteiger partial charge on any atom is 0.131 e. The van der Waals surface area contributed by atoms with E-state index < -0.39 is 0 Å². The fourth-order valence-electron chi connectivity index (χ4n) is 2.24. The molecule has 3 N–H and O–H groups in total. The van der Waals surface area contributed by atoms with Gasteiger partial charge >= 0.3 is 0 Å². The number of nitrogens with zero attached hydrogens (tertiary/aromatic N) is 3. The van der Waals surface area contributed by atoms with E-state index in [1.54, 1.807) is 0 Å². The molecule has 1 atom stereocenters. The summed E-state index contributed by atoms with van der Waals surface area (Å²) in [4.78, 5) is 11.2. The Morgan fingerprint density at radius 2 is 2.11 bits per heavy atom. The van der Waals surface area contributed by atoms with Crippen molar-refractivity contribution in [3.05, 3.63) is 11.9 Å². The Hall–Kier alpha value is -1.40. The monoisotopic (exact) mass is 264 g/mol. The van der Waals surface area contributed by atoms with Crippen LogP contribution in [0.3, 0.4) is 0 Å². The van der Waals surface area contributed by atoms with Crippen LogP contribution in [0.2, 0.25) is 0 Å². The van der Waals surface area contributed by atoms with E-state index in [1.165, 1.54) is 0 Å². The lowest BCUT2D eigenvalue weighted by Crippen LogP contribution is -2.52. The van der Waals surface area contributed by atoms with Crippen LogP contribution in [0.15, 0.2) is 6.07 Å². The van der Waals surface area contributed by atoms with Gasteiger partial charge in [-0.05, 0) is 20.9 Å². The van der Waals surface area contributed by atoms with Gasteiger partial charge in [0.1, 0.15) is 17.5 Å². The second kappa shape index (κ2) is 6.68. The topological polar surface area (TPSA) is 65.1 Å². The number of nitrogens with one attached hydrogen (secondary N) is 3. The van der Waals surface area contributed by atoms with Gasteiger partial charge in [0.15, 0.2) is 0 Å². The zero-order chi connectivity index (χ0) is 13.7. The fourth-order valence-corrected chi connectivity index (χ4v) is 2.24. The van der Waals surface area contributed by atoms with Gasteiger partial charge in [-0.2, -0.15) is 0 Å². The number of piperazine rings is 1. The first kappa shape index (κ1) is 14.0. The van der Waals surface area contributed by atoms with Gasteiger partial charge < -0.3 is 16.0 Å². The second-order valence-corrected chi connectivity index (χ2v) is 4.94. The summed E-state index contributed by atoms with van der Waals surface area (Å²) in [6.07, 6.45) is 0. The summed E-state index contributed by atoms with van der Waals surface area (Å²) >= 11 is 0.